The molecule has 0 saturated carbocycles. The molecule has 2 heterocycles. The highest BCUT2D eigenvalue weighted by Gasteiger charge is 2.42. The van der Waals surface area contributed by atoms with Crippen molar-refractivity contribution in [1.82, 2.24) is 4.90 Å². The number of benzene rings is 1. The van der Waals surface area contributed by atoms with Crippen LogP contribution in [-0.4, -0.2) is 47.1 Å². The summed E-state index contributed by atoms with van der Waals surface area (Å²) < 4.78 is 29.3. The molecular formula is C23H23NO5S3. The van der Waals surface area contributed by atoms with E-state index in [9.17, 15) is 18.0 Å². The SMILES string of the molecule is O=C(/C=C/[C@H]1CC=CCC1)Oc1ccc(/C=C2\SC(=S)N([C@H]3CCS(=O)(=O)C3)C2=O)cc1. The molecule has 6 nitrogen and oxygen atoms in total. The Morgan fingerprint density at radius 2 is 1.97 bits per heavy atom. The average molecular weight is 490 g/mol. The third kappa shape index (κ3) is 5.57. The summed E-state index contributed by atoms with van der Waals surface area (Å²) in [6, 6.07) is 6.46. The van der Waals surface area contributed by atoms with Gasteiger partial charge in [-0.2, -0.15) is 0 Å². The van der Waals surface area contributed by atoms with Crippen molar-refractivity contribution in [3.63, 3.8) is 0 Å². The molecule has 4 rings (SSSR count). The number of allylic oxidation sites excluding steroid dienone is 3. The van der Waals surface area contributed by atoms with Gasteiger partial charge in [0.1, 0.15) is 10.1 Å². The van der Waals surface area contributed by atoms with Gasteiger partial charge in [0.05, 0.1) is 22.5 Å². The Morgan fingerprint density at radius 3 is 2.62 bits per heavy atom. The molecule has 0 unspecified atom stereocenters. The van der Waals surface area contributed by atoms with Gasteiger partial charge in [0, 0.05) is 6.08 Å². The van der Waals surface area contributed by atoms with Crippen LogP contribution in [0.3, 0.4) is 0 Å². The molecule has 0 bridgehead atoms. The third-order valence-electron chi connectivity index (χ3n) is 5.61. The second-order valence-electron chi connectivity index (χ2n) is 8.00. The lowest BCUT2D eigenvalue weighted by Gasteiger charge is -2.20. The fourth-order valence-electron chi connectivity index (χ4n) is 3.91. The van der Waals surface area contributed by atoms with Crippen LogP contribution < -0.4 is 4.74 Å². The van der Waals surface area contributed by atoms with Crippen LogP contribution in [0.25, 0.3) is 6.08 Å². The quantitative estimate of drug-likeness (QED) is 0.204. The third-order valence-corrected chi connectivity index (χ3v) is 8.69. The molecule has 2 atom stereocenters. The van der Waals surface area contributed by atoms with Crippen LogP contribution in [-0.2, 0) is 19.4 Å². The van der Waals surface area contributed by atoms with Gasteiger partial charge in [-0.3, -0.25) is 9.69 Å². The number of carbonyl (C=O) groups excluding carboxylic acids is 2. The van der Waals surface area contributed by atoms with Gasteiger partial charge in [0.2, 0.25) is 0 Å². The predicted molar refractivity (Wildman–Crippen MR) is 130 cm³/mol. The molecular weight excluding hydrogens is 466 g/mol. The Bertz CT molecular complexity index is 1120. The number of thioether (sulfide) groups is 1. The maximum Gasteiger partial charge on any atom is 0.335 e. The number of esters is 1. The van der Waals surface area contributed by atoms with Gasteiger partial charge in [-0.05, 0) is 55.4 Å². The van der Waals surface area contributed by atoms with Gasteiger partial charge in [-0.1, -0.05) is 54.3 Å². The molecule has 9 heteroatoms. The first kappa shape index (κ1) is 22.9. The molecule has 1 aromatic carbocycles. The summed E-state index contributed by atoms with van der Waals surface area (Å²) in [5.74, 6) is 0.154. The summed E-state index contributed by atoms with van der Waals surface area (Å²) in [5, 5.41) is 0. The lowest BCUT2D eigenvalue weighted by molar-refractivity contribution is -0.129. The molecule has 1 amide bonds. The predicted octanol–water partition coefficient (Wildman–Crippen LogP) is 3.89. The highest BCUT2D eigenvalue weighted by Crippen LogP contribution is 2.36. The second kappa shape index (κ2) is 9.72. The number of nitrogens with zero attached hydrogens (tertiary/aromatic N) is 1. The fourth-order valence-corrected chi connectivity index (χ4v) is 7.01. The minimum atomic E-state index is -3.11. The molecule has 0 spiro atoms. The molecule has 3 aliphatic rings. The van der Waals surface area contributed by atoms with Crippen LogP contribution in [0.1, 0.15) is 31.2 Å². The van der Waals surface area contributed by atoms with E-state index in [1.54, 1.807) is 30.3 Å². The minimum absolute atomic E-state index is 0.0430. The molecule has 0 aromatic heterocycles. The first-order valence-electron chi connectivity index (χ1n) is 10.4. The minimum Gasteiger partial charge on any atom is -0.423 e. The lowest BCUT2D eigenvalue weighted by atomic mass is 9.94. The van der Waals surface area contributed by atoms with Crippen LogP contribution in [0.5, 0.6) is 5.75 Å². The number of ether oxygens (including phenoxy) is 1. The molecule has 1 aliphatic carbocycles. The average Bonchev–Trinajstić information content (AvgIpc) is 3.26. The highest BCUT2D eigenvalue weighted by atomic mass is 32.2. The Hall–Kier alpha value is -2.23. The van der Waals surface area contributed by atoms with Crippen molar-refractivity contribution < 1.29 is 22.7 Å². The number of rotatable bonds is 5. The Balaban J connectivity index is 1.37. The number of carbonyl (C=O) groups is 2. The topological polar surface area (TPSA) is 80.8 Å². The molecule has 2 aliphatic heterocycles. The van der Waals surface area contributed by atoms with Crippen molar-refractivity contribution >= 4 is 56.1 Å². The first-order valence-corrected chi connectivity index (χ1v) is 13.5. The van der Waals surface area contributed by atoms with E-state index in [1.807, 2.05) is 6.08 Å². The molecule has 32 heavy (non-hydrogen) atoms. The lowest BCUT2D eigenvalue weighted by Crippen LogP contribution is -2.39. The number of thiocarbonyl (C=S) groups is 1. The molecule has 0 N–H and O–H groups in total. The summed E-state index contributed by atoms with van der Waals surface area (Å²) in [6.45, 7) is 0. The zero-order valence-electron chi connectivity index (χ0n) is 17.3. The molecule has 2 saturated heterocycles. The van der Waals surface area contributed by atoms with E-state index in [4.69, 9.17) is 17.0 Å². The number of amides is 1. The van der Waals surface area contributed by atoms with Crippen LogP contribution in [0.2, 0.25) is 0 Å². The van der Waals surface area contributed by atoms with Crippen molar-refractivity contribution in [3.05, 3.63) is 59.0 Å². The Kier molecular flexibility index (Phi) is 6.97. The maximum atomic E-state index is 12.8. The van der Waals surface area contributed by atoms with Crippen molar-refractivity contribution in [3.8, 4) is 5.75 Å². The van der Waals surface area contributed by atoms with Crippen molar-refractivity contribution in [2.24, 2.45) is 5.92 Å². The summed E-state index contributed by atoms with van der Waals surface area (Å²) >= 11 is 6.50. The monoisotopic (exact) mass is 489 g/mol. The smallest absolute Gasteiger partial charge is 0.335 e. The molecule has 0 radical (unpaired) electrons. The Labute approximate surface area is 197 Å². The largest absolute Gasteiger partial charge is 0.423 e. The van der Waals surface area contributed by atoms with Crippen LogP contribution in [0.4, 0.5) is 0 Å². The van der Waals surface area contributed by atoms with E-state index >= 15 is 0 Å². The van der Waals surface area contributed by atoms with Crippen molar-refractivity contribution in [1.29, 1.82) is 0 Å². The summed E-state index contributed by atoms with van der Waals surface area (Å²) in [6.07, 6.45) is 12.8. The molecule has 2 fully saturated rings. The summed E-state index contributed by atoms with van der Waals surface area (Å²) in [4.78, 5) is 26.7. The second-order valence-corrected chi connectivity index (χ2v) is 11.9. The maximum absolute atomic E-state index is 12.8. The zero-order valence-corrected chi connectivity index (χ0v) is 19.8. The van der Waals surface area contributed by atoms with Crippen LogP contribution >= 0.6 is 24.0 Å². The van der Waals surface area contributed by atoms with E-state index in [2.05, 4.69) is 12.2 Å². The summed E-state index contributed by atoms with van der Waals surface area (Å²) in [7, 11) is -3.11. The van der Waals surface area contributed by atoms with Gasteiger partial charge in [-0.15, -0.1) is 0 Å². The van der Waals surface area contributed by atoms with Crippen LogP contribution in [0.15, 0.2) is 53.5 Å². The van der Waals surface area contributed by atoms with Crippen molar-refractivity contribution in [2.45, 2.75) is 31.7 Å². The van der Waals surface area contributed by atoms with E-state index in [1.165, 1.54) is 22.7 Å². The summed E-state index contributed by atoms with van der Waals surface area (Å²) in [5.41, 5.74) is 0.758. The normalized spacial score (nSPS) is 26.4. The van der Waals surface area contributed by atoms with Crippen molar-refractivity contribution in [2.75, 3.05) is 11.5 Å². The Morgan fingerprint density at radius 1 is 1.19 bits per heavy atom. The van der Waals surface area contributed by atoms with E-state index in [0.717, 1.165) is 24.8 Å². The first-order chi connectivity index (χ1) is 15.3. The molecule has 168 valence electrons. The van der Waals surface area contributed by atoms with Gasteiger partial charge >= 0.3 is 5.97 Å². The number of sulfone groups is 1. The number of hydrogen-bond acceptors (Lipinski definition) is 7. The van der Waals surface area contributed by atoms with Gasteiger partial charge in [-0.25, -0.2) is 13.2 Å². The van der Waals surface area contributed by atoms with Gasteiger partial charge < -0.3 is 4.74 Å². The van der Waals surface area contributed by atoms with Gasteiger partial charge in [0.25, 0.3) is 5.91 Å². The standard InChI is InChI=1S/C23H23NO5S3/c25-21(11-8-16-4-2-1-3-5-16)29-19-9-6-17(7-10-19)14-20-22(26)24(23(30)31-20)18-12-13-32(27,28)15-18/h1-2,6-11,14,16,18H,3-5,12-13,15H2/b11-8+,20-14-/t16-,18-/m0/s1. The molecule has 1 aromatic rings. The number of hydrogen-bond donors (Lipinski definition) is 0. The highest BCUT2D eigenvalue weighted by molar-refractivity contribution is 8.26. The van der Waals surface area contributed by atoms with Gasteiger partial charge in [0.15, 0.2) is 9.84 Å². The van der Waals surface area contributed by atoms with Crippen LogP contribution in [0, 0.1) is 5.92 Å². The van der Waals surface area contributed by atoms with E-state index in [0.29, 0.717) is 27.3 Å². The van der Waals surface area contributed by atoms with E-state index < -0.39 is 21.8 Å². The zero-order chi connectivity index (χ0) is 22.7. The fraction of sp³-hybridized carbons (Fsp3) is 0.348. The van der Waals surface area contributed by atoms with E-state index in [-0.39, 0.29) is 17.4 Å².